The third-order valence-corrected chi connectivity index (χ3v) is 3.67. The number of nitrogens with one attached hydrogen (secondary N) is 1. The van der Waals surface area contributed by atoms with Crippen LogP contribution in [0.2, 0.25) is 5.02 Å². The molecule has 0 atom stereocenters. The van der Waals surface area contributed by atoms with E-state index in [-0.39, 0.29) is 21.4 Å². The van der Waals surface area contributed by atoms with E-state index >= 15 is 0 Å². The molecule has 23 heavy (non-hydrogen) atoms. The van der Waals surface area contributed by atoms with Crippen molar-refractivity contribution in [2.24, 2.45) is 0 Å². The van der Waals surface area contributed by atoms with Gasteiger partial charge < -0.3 is 4.42 Å². The standard InChI is InChI=1S/C15H8ClFN2O3S/c16-11-6-8(3-4-12(11)17)19-14(21)10(13(20)18-15(19)23)7-9-2-1-5-22-9/h1-7H,(H,18,20,23)/b10-7+. The molecule has 5 nitrogen and oxygen atoms in total. The molecule has 1 aromatic heterocycles. The predicted octanol–water partition coefficient (Wildman–Crippen LogP) is 2.90. The Hall–Kier alpha value is -2.51. The van der Waals surface area contributed by atoms with E-state index < -0.39 is 17.6 Å². The highest BCUT2D eigenvalue weighted by molar-refractivity contribution is 7.80. The summed E-state index contributed by atoms with van der Waals surface area (Å²) < 4.78 is 18.4. The molecule has 0 unspecified atom stereocenters. The molecule has 0 bridgehead atoms. The molecule has 1 aliphatic heterocycles. The van der Waals surface area contributed by atoms with E-state index in [1.807, 2.05) is 0 Å². The summed E-state index contributed by atoms with van der Waals surface area (Å²) in [6.07, 6.45) is 2.72. The maximum absolute atomic E-state index is 13.3. The number of halogens is 2. The van der Waals surface area contributed by atoms with Crippen molar-refractivity contribution in [3.63, 3.8) is 0 Å². The fourth-order valence-electron chi connectivity index (χ4n) is 2.03. The quantitative estimate of drug-likeness (QED) is 0.514. The first-order valence-electron chi connectivity index (χ1n) is 6.37. The van der Waals surface area contributed by atoms with Crippen LogP contribution in [0.3, 0.4) is 0 Å². The van der Waals surface area contributed by atoms with Crippen LogP contribution in [0.5, 0.6) is 0 Å². The zero-order valence-corrected chi connectivity index (χ0v) is 13.0. The van der Waals surface area contributed by atoms with Crippen LogP contribution in [0.25, 0.3) is 6.08 Å². The molecule has 3 rings (SSSR count). The number of nitrogens with zero attached hydrogens (tertiary/aromatic N) is 1. The molecule has 116 valence electrons. The van der Waals surface area contributed by atoms with Crippen LogP contribution in [0.15, 0.2) is 46.6 Å². The molecule has 1 fully saturated rings. The summed E-state index contributed by atoms with van der Waals surface area (Å²) in [6.45, 7) is 0. The lowest BCUT2D eigenvalue weighted by Gasteiger charge is -2.28. The van der Waals surface area contributed by atoms with Crippen LogP contribution in [-0.4, -0.2) is 16.9 Å². The van der Waals surface area contributed by atoms with Gasteiger partial charge in [-0.2, -0.15) is 0 Å². The smallest absolute Gasteiger partial charge is 0.270 e. The van der Waals surface area contributed by atoms with Gasteiger partial charge in [-0.1, -0.05) is 11.6 Å². The summed E-state index contributed by atoms with van der Waals surface area (Å²) in [6, 6.07) is 6.93. The topological polar surface area (TPSA) is 62.6 Å². The van der Waals surface area contributed by atoms with Crippen LogP contribution in [-0.2, 0) is 9.59 Å². The molecule has 0 aliphatic carbocycles. The third kappa shape index (κ3) is 2.88. The second-order valence-electron chi connectivity index (χ2n) is 4.57. The van der Waals surface area contributed by atoms with Crippen molar-refractivity contribution in [2.45, 2.75) is 0 Å². The van der Waals surface area contributed by atoms with E-state index in [0.717, 1.165) is 11.0 Å². The summed E-state index contributed by atoms with van der Waals surface area (Å²) in [5.41, 5.74) is 0.0887. The van der Waals surface area contributed by atoms with E-state index in [0.29, 0.717) is 5.76 Å². The number of benzene rings is 1. The number of furan rings is 1. The first-order valence-corrected chi connectivity index (χ1v) is 7.16. The van der Waals surface area contributed by atoms with E-state index in [9.17, 15) is 14.0 Å². The van der Waals surface area contributed by atoms with Gasteiger partial charge in [0.05, 0.1) is 17.0 Å². The van der Waals surface area contributed by atoms with Crippen molar-refractivity contribution < 1.29 is 18.4 Å². The maximum atomic E-state index is 13.3. The fraction of sp³-hybridized carbons (Fsp3) is 0. The van der Waals surface area contributed by atoms with Gasteiger partial charge in [0, 0.05) is 0 Å². The second kappa shape index (κ2) is 5.94. The van der Waals surface area contributed by atoms with Gasteiger partial charge in [-0.15, -0.1) is 0 Å². The Bertz CT molecular complexity index is 848. The van der Waals surface area contributed by atoms with Crippen LogP contribution < -0.4 is 10.2 Å². The first-order chi connectivity index (χ1) is 11.0. The van der Waals surface area contributed by atoms with Crippen molar-refractivity contribution in [1.29, 1.82) is 0 Å². The molecule has 1 saturated heterocycles. The lowest BCUT2D eigenvalue weighted by molar-refractivity contribution is -0.122. The van der Waals surface area contributed by atoms with Crippen LogP contribution in [0.4, 0.5) is 10.1 Å². The van der Waals surface area contributed by atoms with Gasteiger partial charge in [-0.05, 0) is 48.6 Å². The molecule has 1 N–H and O–H groups in total. The largest absolute Gasteiger partial charge is 0.465 e. The van der Waals surface area contributed by atoms with Crippen molar-refractivity contribution in [3.8, 4) is 0 Å². The molecule has 2 aromatic rings. The molecule has 2 heterocycles. The molecular weight excluding hydrogens is 343 g/mol. The van der Waals surface area contributed by atoms with E-state index in [4.69, 9.17) is 28.2 Å². The molecule has 1 aromatic carbocycles. The number of hydrogen-bond acceptors (Lipinski definition) is 4. The van der Waals surface area contributed by atoms with Gasteiger partial charge in [0.2, 0.25) is 0 Å². The average molecular weight is 351 g/mol. The van der Waals surface area contributed by atoms with Gasteiger partial charge in [0.25, 0.3) is 11.8 Å². The number of anilines is 1. The molecule has 1 aliphatic rings. The zero-order chi connectivity index (χ0) is 16.6. The Morgan fingerprint density at radius 1 is 1.30 bits per heavy atom. The number of hydrogen-bond donors (Lipinski definition) is 1. The molecule has 0 saturated carbocycles. The summed E-state index contributed by atoms with van der Waals surface area (Å²) in [4.78, 5) is 25.7. The van der Waals surface area contributed by atoms with Crippen LogP contribution >= 0.6 is 23.8 Å². The lowest BCUT2D eigenvalue weighted by Crippen LogP contribution is -2.54. The lowest BCUT2D eigenvalue weighted by atomic mass is 10.1. The minimum atomic E-state index is -0.655. The molecule has 2 amide bonds. The fourth-order valence-corrected chi connectivity index (χ4v) is 2.49. The number of amides is 2. The van der Waals surface area contributed by atoms with Gasteiger partial charge in [0.1, 0.15) is 17.2 Å². The Kier molecular flexibility index (Phi) is 3.97. The molecule has 8 heteroatoms. The second-order valence-corrected chi connectivity index (χ2v) is 5.37. The Morgan fingerprint density at radius 3 is 2.74 bits per heavy atom. The summed E-state index contributed by atoms with van der Waals surface area (Å²) in [7, 11) is 0. The minimum Gasteiger partial charge on any atom is -0.465 e. The zero-order valence-electron chi connectivity index (χ0n) is 11.4. The maximum Gasteiger partial charge on any atom is 0.270 e. The molecule has 0 spiro atoms. The number of rotatable bonds is 2. The number of carbonyl (C=O) groups excluding carboxylic acids is 2. The number of carbonyl (C=O) groups is 2. The van der Waals surface area contributed by atoms with E-state index in [1.165, 1.54) is 24.5 Å². The van der Waals surface area contributed by atoms with Gasteiger partial charge in [-0.25, -0.2) is 4.39 Å². The molecular formula is C15H8ClFN2O3S. The first kappa shape index (κ1) is 15.4. The van der Waals surface area contributed by atoms with Crippen molar-refractivity contribution in [3.05, 3.63) is 58.8 Å². The van der Waals surface area contributed by atoms with Gasteiger partial charge in [-0.3, -0.25) is 19.8 Å². The Balaban J connectivity index is 2.03. The highest BCUT2D eigenvalue weighted by Crippen LogP contribution is 2.26. The van der Waals surface area contributed by atoms with E-state index in [2.05, 4.69) is 5.32 Å². The van der Waals surface area contributed by atoms with Crippen molar-refractivity contribution >= 4 is 52.5 Å². The van der Waals surface area contributed by atoms with Crippen molar-refractivity contribution in [1.82, 2.24) is 5.32 Å². The van der Waals surface area contributed by atoms with Crippen molar-refractivity contribution in [2.75, 3.05) is 4.90 Å². The van der Waals surface area contributed by atoms with Gasteiger partial charge in [0.15, 0.2) is 5.11 Å². The summed E-state index contributed by atoms with van der Waals surface area (Å²) in [5, 5.41) is 2.13. The third-order valence-electron chi connectivity index (χ3n) is 3.09. The predicted molar refractivity (Wildman–Crippen MR) is 86.3 cm³/mol. The molecule has 0 radical (unpaired) electrons. The SMILES string of the molecule is O=C1NC(=S)N(c2ccc(F)c(Cl)c2)C(=O)/C1=C/c1ccco1. The number of thiocarbonyl (C=S) groups is 1. The Morgan fingerprint density at radius 2 is 2.09 bits per heavy atom. The van der Waals surface area contributed by atoms with Crippen LogP contribution in [0.1, 0.15) is 5.76 Å². The monoisotopic (exact) mass is 350 g/mol. The highest BCUT2D eigenvalue weighted by Gasteiger charge is 2.34. The normalized spacial score (nSPS) is 16.9. The highest BCUT2D eigenvalue weighted by atomic mass is 35.5. The minimum absolute atomic E-state index is 0.112. The van der Waals surface area contributed by atoms with E-state index in [1.54, 1.807) is 12.1 Å². The summed E-state index contributed by atoms with van der Waals surface area (Å²) >= 11 is 10.8. The Labute approximate surface area is 140 Å². The average Bonchev–Trinajstić information content (AvgIpc) is 3.00. The van der Waals surface area contributed by atoms with Gasteiger partial charge >= 0.3 is 0 Å². The van der Waals surface area contributed by atoms with Crippen LogP contribution in [0, 0.1) is 5.82 Å². The summed E-state index contributed by atoms with van der Waals surface area (Å²) in [5.74, 6) is -1.58.